The maximum Gasteiger partial charge on any atom is 0.333 e. The quantitative estimate of drug-likeness (QED) is 0.330. The van der Waals surface area contributed by atoms with Crippen LogP contribution in [-0.2, 0) is 19.1 Å². The van der Waals surface area contributed by atoms with Gasteiger partial charge in [-0.2, -0.15) is 0 Å². The molecule has 0 aliphatic rings. The second kappa shape index (κ2) is 13.6. The summed E-state index contributed by atoms with van der Waals surface area (Å²) in [6, 6.07) is 0. The van der Waals surface area contributed by atoms with E-state index in [0.717, 1.165) is 11.1 Å². The molecule has 0 aromatic heterocycles. The molecule has 142 valence electrons. The molecule has 0 rings (SSSR count). The average Bonchev–Trinajstić information content (AvgIpc) is 2.58. The van der Waals surface area contributed by atoms with Gasteiger partial charge in [0.25, 0.3) is 0 Å². The van der Waals surface area contributed by atoms with Crippen molar-refractivity contribution < 1.29 is 19.1 Å². The third-order valence-corrected chi connectivity index (χ3v) is 3.17. The van der Waals surface area contributed by atoms with Crippen LogP contribution in [0.15, 0.2) is 70.9 Å². The number of allylic oxidation sites excluding steroid dienone is 10. The average molecular weight is 358 g/mol. The van der Waals surface area contributed by atoms with Crippen LogP contribution in [0.5, 0.6) is 0 Å². The van der Waals surface area contributed by atoms with E-state index >= 15 is 0 Å². The van der Waals surface area contributed by atoms with E-state index in [1.807, 2.05) is 50.3 Å². The molecule has 0 saturated heterocycles. The molecule has 0 bridgehead atoms. The Labute approximate surface area is 157 Å². The number of esters is 2. The Balaban J connectivity index is 4.72. The molecule has 0 radical (unpaired) electrons. The molecular weight excluding hydrogens is 328 g/mol. The van der Waals surface area contributed by atoms with Crippen LogP contribution >= 0.6 is 0 Å². The predicted octanol–water partition coefficient (Wildman–Crippen LogP) is 5.01. The lowest BCUT2D eigenvalue weighted by atomic mass is 10.1. The molecule has 4 heteroatoms. The first-order chi connectivity index (χ1) is 12.3. The Morgan fingerprint density at radius 2 is 1.19 bits per heavy atom. The molecule has 0 atom stereocenters. The van der Waals surface area contributed by atoms with Crippen LogP contribution in [0.4, 0.5) is 0 Å². The van der Waals surface area contributed by atoms with E-state index in [1.165, 1.54) is 0 Å². The summed E-state index contributed by atoms with van der Waals surface area (Å²) in [5, 5.41) is 0. The highest BCUT2D eigenvalue weighted by atomic mass is 16.5. The van der Waals surface area contributed by atoms with Crippen LogP contribution in [0, 0.1) is 0 Å². The topological polar surface area (TPSA) is 52.6 Å². The lowest BCUT2D eigenvalue weighted by Gasteiger charge is -2.01. The maximum absolute atomic E-state index is 11.5. The van der Waals surface area contributed by atoms with E-state index in [2.05, 4.69) is 0 Å². The highest BCUT2D eigenvalue weighted by molar-refractivity contribution is 5.88. The van der Waals surface area contributed by atoms with E-state index < -0.39 is 0 Å². The zero-order valence-electron chi connectivity index (χ0n) is 16.7. The Morgan fingerprint density at radius 1 is 0.692 bits per heavy atom. The normalized spacial score (nSPS) is 14.2. The SMILES string of the molecule is CCOC(=O)C(C)=CC=CC(C)=CC=CC=C(C)C=C(C)C(=O)OCC. The predicted molar refractivity (Wildman–Crippen MR) is 107 cm³/mol. The van der Waals surface area contributed by atoms with Crippen LogP contribution in [0.1, 0.15) is 41.5 Å². The second-order valence-electron chi connectivity index (χ2n) is 5.68. The zero-order chi connectivity index (χ0) is 19.9. The molecule has 0 N–H and O–H groups in total. The van der Waals surface area contributed by atoms with Gasteiger partial charge < -0.3 is 9.47 Å². The number of rotatable bonds is 9. The lowest BCUT2D eigenvalue weighted by Crippen LogP contribution is -2.04. The Kier molecular flexibility index (Phi) is 12.3. The van der Waals surface area contributed by atoms with Gasteiger partial charge in [0.15, 0.2) is 0 Å². The third-order valence-electron chi connectivity index (χ3n) is 3.17. The Hall–Kier alpha value is -2.62. The van der Waals surface area contributed by atoms with Gasteiger partial charge in [-0.15, -0.1) is 0 Å². The van der Waals surface area contributed by atoms with E-state index in [4.69, 9.17) is 9.47 Å². The van der Waals surface area contributed by atoms with Gasteiger partial charge in [-0.05, 0) is 47.6 Å². The van der Waals surface area contributed by atoms with E-state index in [1.54, 1.807) is 39.8 Å². The second-order valence-corrected chi connectivity index (χ2v) is 5.68. The first-order valence-electron chi connectivity index (χ1n) is 8.71. The summed E-state index contributed by atoms with van der Waals surface area (Å²) in [5.74, 6) is -0.596. The molecule has 4 nitrogen and oxygen atoms in total. The number of carbonyl (C=O) groups is 2. The molecule has 0 aromatic carbocycles. The first kappa shape index (κ1) is 23.4. The smallest absolute Gasteiger partial charge is 0.333 e. The Bertz CT molecular complexity index is 656. The summed E-state index contributed by atoms with van der Waals surface area (Å²) >= 11 is 0. The van der Waals surface area contributed by atoms with Gasteiger partial charge in [-0.25, -0.2) is 9.59 Å². The molecule has 0 unspecified atom stereocenters. The van der Waals surface area contributed by atoms with Crippen LogP contribution in [-0.4, -0.2) is 25.2 Å². The summed E-state index contributed by atoms with van der Waals surface area (Å²) in [6.07, 6.45) is 14.9. The minimum Gasteiger partial charge on any atom is -0.463 e. The largest absolute Gasteiger partial charge is 0.463 e. The minimum atomic E-state index is -0.301. The number of ether oxygens (including phenoxy) is 2. The van der Waals surface area contributed by atoms with Gasteiger partial charge in [-0.1, -0.05) is 53.7 Å². The van der Waals surface area contributed by atoms with Crippen LogP contribution in [0.2, 0.25) is 0 Å². The van der Waals surface area contributed by atoms with Gasteiger partial charge in [0, 0.05) is 11.1 Å². The number of hydrogen-bond acceptors (Lipinski definition) is 4. The summed E-state index contributed by atoms with van der Waals surface area (Å²) in [4.78, 5) is 23.0. The van der Waals surface area contributed by atoms with Crippen molar-refractivity contribution >= 4 is 11.9 Å². The van der Waals surface area contributed by atoms with Crippen LogP contribution < -0.4 is 0 Å². The van der Waals surface area contributed by atoms with Crippen LogP contribution in [0.25, 0.3) is 0 Å². The fourth-order valence-electron chi connectivity index (χ4n) is 1.82. The third kappa shape index (κ3) is 11.0. The fraction of sp³-hybridized carbons (Fsp3) is 0.364. The van der Waals surface area contributed by atoms with Crippen LogP contribution in [0.3, 0.4) is 0 Å². The van der Waals surface area contributed by atoms with Gasteiger partial charge >= 0.3 is 11.9 Å². The standard InChI is InChI=1S/C22H30O4/c1-7-25-21(23)19(5)15-11-14-17(3)12-9-10-13-18(4)16-20(6)22(24)26-8-2/h9-16H,7-8H2,1-6H3. The molecule has 0 aromatic rings. The summed E-state index contributed by atoms with van der Waals surface area (Å²) in [7, 11) is 0. The number of carbonyl (C=O) groups excluding carboxylic acids is 2. The molecule has 0 amide bonds. The van der Waals surface area contributed by atoms with Gasteiger partial charge in [0.2, 0.25) is 0 Å². The lowest BCUT2D eigenvalue weighted by molar-refractivity contribution is -0.139. The van der Waals surface area contributed by atoms with E-state index in [-0.39, 0.29) is 11.9 Å². The Morgan fingerprint density at radius 3 is 1.73 bits per heavy atom. The van der Waals surface area contributed by atoms with Crippen molar-refractivity contribution in [2.24, 2.45) is 0 Å². The van der Waals surface area contributed by atoms with Crippen molar-refractivity contribution in [3.8, 4) is 0 Å². The summed E-state index contributed by atoms with van der Waals surface area (Å²) < 4.78 is 9.85. The van der Waals surface area contributed by atoms with Crippen molar-refractivity contribution in [2.75, 3.05) is 13.2 Å². The minimum absolute atomic E-state index is 0.295. The van der Waals surface area contributed by atoms with Crippen molar-refractivity contribution in [3.63, 3.8) is 0 Å². The molecule has 0 saturated carbocycles. The first-order valence-corrected chi connectivity index (χ1v) is 8.71. The van der Waals surface area contributed by atoms with E-state index in [0.29, 0.717) is 24.4 Å². The van der Waals surface area contributed by atoms with Crippen molar-refractivity contribution in [1.82, 2.24) is 0 Å². The van der Waals surface area contributed by atoms with Crippen molar-refractivity contribution in [1.29, 1.82) is 0 Å². The molecular formula is C22H30O4. The maximum atomic E-state index is 11.5. The zero-order valence-corrected chi connectivity index (χ0v) is 16.7. The number of hydrogen-bond donors (Lipinski definition) is 0. The highest BCUT2D eigenvalue weighted by Gasteiger charge is 2.03. The monoisotopic (exact) mass is 358 g/mol. The van der Waals surface area contributed by atoms with Crippen molar-refractivity contribution in [3.05, 3.63) is 70.9 Å². The summed E-state index contributed by atoms with van der Waals surface area (Å²) in [5.41, 5.74) is 3.14. The fourth-order valence-corrected chi connectivity index (χ4v) is 1.82. The van der Waals surface area contributed by atoms with Gasteiger partial charge in [0.05, 0.1) is 13.2 Å². The van der Waals surface area contributed by atoms with Gasteiger partial charge in [-0.3, -0.25) is 0 Å². The van der Waals surface area contributed by atoms with Gasteiger partial charge in [0.1, 0.15) is 0 Å². The molecule has 0 fully saturated rings. The molecule has 0 aliphatic carbocycles. The van der Waals surface area contributed by atoms with E-state index in [9.17, 15) is 9.59 Å². The molecule has 0 spiro atoms. The summed E-state index contributed by atoms with van der Waals surface area (Å²) in [6.45, 7) is 11.7. The van der Waals surface area contributed by atoms with Crippen molar-refractivity contribution in [2.45, 2.75) is 41.5 Å². The molecule has 0 heterocycles. The molecule has 0 aliphatic heterocycles. The highest BCUT2D eigenvalue weighted by Crippen LogP contribution is 2.05. The molecule has 26 heavy (non-hydrogen) atoms.